The number of allylic oxidation sites excluding steroid dienone is 1. The molecule has 1 nitrogen and oxygen atoms in total. The van der Waals surface area contributed by atoms with Gasteiger partial charge in [0.05, 0.1) is 5.75 Å². The van der Waals surface area contributed by atoms with Gasteiger partial charge in [0.25, 0.3) is 0 Å². The average molecular weight is 176 g/mol. The summed E-state index contributed by atoms with van der Waals surface area (Å²) >= 11 is 1.62. The van der Waals surface area contributed by atoms with Crippen molar-refractivity contribution < 1.29 is 4.79 Å². The van der Waals surface area contributed by atoms with Crippen LogP contribution in [0.2, 0.25) is 0 Å². The summed E-state index contributed by atoms with van der Waals surface area (Å²) in [6, 6.07) is 10.00. The molecule has 2 heteroatoms. The van der Waals surface area contributed by atoms with Crippen molar-refractivity contribution in [2.75, 3.05) is 5.75 Å². The van der Waals surface area contributed by atoms with Crippen molar-refractivity contribution in [3.8, 4) is 0 Å². The van der Waals surface area contributed by atoms with E-state index in [1.54, 1.807) is 17.8 Å². The number of carbonyl (C=O) groups excluding carboxylic acids is 1. The lowest BCUT2D eigenvalue weighted by Crippen LogP contribution is -1.86. The molecule has 0 saturated carbocycles. The summed E-state index contributed by atoms with van der Waals surface area (Å²) in [5.41, 5.74) is 1.15. The van der Waals surface area contributed by atoms with E-state index in [-0.39, 0.29) is 5.78 Å². The summed E-state index contributed by atoms with van der Waals surface area (Å²) < 4.78 is 0. The average Bonchev–Trinajstić information content (AvgIpc) is 2.54. The molecule has 0 amide bonds. The zero-order chi connectivity index (χ0) is 8.39. The van der Waals surface area contributed by atoms with Gasteiger partial charge in [-0.1, -0.05) is 30.3 Å². The van der Waals surface area contributed by atoms with Gasteiger partial charge in [-0.25, -0.2) is 0 Å². The van der Waals surface area contributed by atoms with E-state index in [4.69, 9.17) is 0 Å². The second-order valence-corrected chi connectivity index (χ2v) is 3.65. The summed E-state index contributed by atoms with van der Waals surface area (Å²) in [4.78, 5) is 12.0. The molecule has 0 fully saturated rings. The Balaban J connectivity index is 2.33. The Labute approximate surface area is 75.5 Å². The fraction of sp³-hybridized carbons (Fsp3) is 0.100. The van der Waals surface area contributed by atoms with Crippen molar-refractivity contribution in [1.29, 1.82) is 0 Å². The van der Waals surface area contributed by atoms with Crippen LogP contribution in [0.5, 0.6) is 0 Å². The van der Waals surface area contributed by atoms with Gasteiger partial charge in [-0.05, 0) is 11.6 Å². The number of rotatable bonds is 1. The van der Waals surface area contributed by atoms with Gasteiger partial charge in [-0.3, -0.25) is 4.79 Å². The first kappa shape index (κ1) is 7.62. The fourth-order valence-corrected chi connectivity index (χ4v) is 2.05. The number of ketones is 1. The zero-order valence-electron chi connectivity index (χ0n) is 6.49. The number of hydrogen-bond acceptors (Lipinski definition) is 2. The third-order valence-corrected chi connectivity index (χ3v) is 2.81. The number of hydrogen-bond donors (Lipinski definition) is 0. The van der Waals surface area contributed by atoms with Crippen molar-refractivity contribution in [1.82, 2.24) is 0 Å². The van der Waals surface area contributed by atoms with Gasteiger partial charge < -0.3 is 0 Å². The van der Waals surface area contributed by atoms with E-state index in [1.807, 2.05) is 30.3 Å². The van der Waals surface area contributed by atoms with E-state index in [0.29, 0.717) is 5.75 Å². The first-order chi connectivity index (χ1) is 5.86. The molecular formula is C10H8OS. The molecule has 1 aromatic rings. The summed E-state index contributed by atoms with van der Waals surface area (Å²) in [6.45, 7) is 0. The standard InChI is InChI=1S/C10H8OS/c11-9-6-10(12-7-9)8-4-2-1-3-5-8/h1-6H,7H2. The Morgan fingerprint density at radius 3 is 2.50 bits per heavy atom. The van der Waals surface area contributed by atoms with Crippen LogP contribution < -0.4 is 0 Å². The van der Waals surface area contributed by atoms with Crippen LogP contribution in [-0.2, 0) is 4.79 Å². The van der Waals surface area contributed by atoms with Gasteiger partial charge in [-0.15, -0.1) is 11.8 Å². The number of carbonyl (C=O) groups is 1. The first-order valence-electron chi connectivity index (χ1n) is 3.79. The van der Waals surface area contributed by atoms with Gasteiger partial charge in [0.1, 0.15) is 0 Å². The molecule has 0 atom stereocenters. The normalized spacial score (nSPS) is 16.3. The maximum atomic E-state index is 10.9. The van der Waals surface area contributed by atoms with E-state index in [9.17, 15) is 4.79 Å². The minimum absolute atomic E-state index is 0.221. The predicted octanol–water partition coefficient (Wildman–Crippen LogP) is 2.34. The largest absolute Gasteiger partial charge is 0.294 e. The summed E-state index contributed by atoms with van der Waals surface area (Å²) in [6.07, 6.45) is 1.72. The molecule has 1 heterocycles. The summed E-state index contributed by atoms with van der Waals surface area (Å²) in [7, 11) is 0. The Hall–Kier alpha value is -1.02. The number of benzene rings is 1. The molecule has 12 heavy (non-hydrogen) atoms. The van der Waals surface area contributed by atoms with Crippen molar-refractivity contribution in [3.63, 3.8) is 0 Å². The van der Waals surface area contributed by atoms with Crippen molar-refractivity contribution in [2.24, 2.45) is 0 Å². The van der Waals surface area contributed by atoms with Gasteiger partial charge in [0, 0.05) is 4.91 Å². The highest BCUT2D eigenvalue weighted by atomic mass is 32.2. The van der Waals surface area contributed by atoms with Crippen LogP contribution in [0.25, 0.3) is 4.91 Å². The molecule has 0 bridgehead atoms. The van der Waals surface area contributed by atoms with E-state index in [0.717, 1.165) is 10.5 Å². The molecule has 0 saturated heterocycles. The van der Waals surface area contributed by atoms with Gasteiger partial charge >= 0.3 is 0 Å². The SMILES string of the molecule is O=C1C=C(c2ccccc2)SC1. The maximum absolute atomic E-state index is 10.9. The topological polar surface area (TPSA) is 17.1 Å². The summed E-state index contributed by atoms with van der Waals surface area (Å²) in [5, 5.41) is 0. The van der Waals surface area contributed by atoms with E-state index in [1.165, 1.54) is 0 Å². The van der Waals surface area contributed by atoms with Crippen LogP contribution >= 0.6 is 11.8 Å². The molecule has 0 aliphatic carbocycles. The monoisotopic (exact) mass is 176 g/mol. The van der Waals surface area contributed by atoms with Gasteiger partial charge in [0.2, 0.25) is 0 Å². The van der Waals surface area contributed by atoms with Crippen molar-refractivity contribution in [2.45, 2.75) is 0 Å². The van der Waals surface area contributed by atoms with Gasteiger partial charge in [0.15, 0.2) is 5.78 Å². The minimum Gasteiger partial charge on any atom is -0.294 e. The van der Waals surface area contributed by atoms with E-state index < -0.39 is 0 Å². The quantitative estimate of drug-likeness (QED) is 0.653. The van der Waals surface area contributed by atoms with Crippen LogP contribution in [0.1, 0.15) is 5.56 Å². The van der Waals surface area contributed by atoms with Crippen molar-refractivity contribution >= 4 is 22.5 Å². The van der Waals surface area contributed by atoms with E-state index >= 15 is 0 Å². The highest BCUT2D eigenvalue weighted by Gasteiger charge is 2.13. The van der Waals surface area contributed by atoms with E-state index in [2.05, 4.69) is 0 Å². The van der Waals surface area contributed by atoms with Crippen LogP contribution in [0.4, 0.5) is 0 Å². The van der Waals surface area contributed by atoms with Crippen LogP contribution in [0, 0.1) is 0 Å². The third-order valence-electron chi connectivity index (χ3n) is 1.72. The van der Waals surface area contributed by atoms with Gasteiger partial charge in [-0.2, -0.15) is 0 Å². The molecule has 0 radical (unpaired) electrons. The highest BCUT2D eigenvalue weighted by Crippen LogP contribution is 2.31. The fourth-order valence-electron chi connectivity index (χ4n) is 1.15. The Morgan fingerprint density at radius 2 is 1.92 bits per heavy atom. The maximum Gasteiger partial charge on any atom is 0.167 e. The molecular weight excluding hydrogens is 168 g/mol. The lowest BCUT2D eigenvalue weighted by molar-refractivity contribution is -0.112. The molecule has 0 unspecified atom stereocenters. The minimum atomic E-state index is 0.221. The lowest BCUT2D eigenvalue weighted by Gasteiger charge is -1.97. The smallest absolute Gasteiger partial charge is 0.167 e. The first-order valence-corrected chi connectivity index (χ1v) is 4.77. The summed E-state index contributed by atoms with van der Waals surface area (Å²) in [5.74, 6) is 0.823. The van der Waals surface area contributed by atoms with Crippen LogP contribution in [0.15, 0.2) is 36.4 Å². The Kier molecular flexibility index (Phi) is 2.00. The second kappa shape index (κ2) is 3.15. The second-order valence-electron chi connectivity index (χ2n) is 2.63. The zero-order valence-corrected chi connectivity index (χ0v) is 7.30. The molecule has 0 N–H and O–H groups in total. The molecule has 1 aliphatic rings. The third kappa shape index (κ3) is 1.43. The molecule has 0 spiro atoms. The predicted molar refractivity (Wildman–Crippen MR) is 51.9 cm³/mol. The molecule has 60 valence electrons. The Morgan fingerprint density at radius 1 is 1.17 bits per heavy atom. The molecule has 1 aromatic carbocycles. The molecule has 1 aliphatic heterocycles. The van der Waals surface area contributed by atoms with Crippen LogP contribution in [-0.4, -0.2) is 11.5 Å². The Bertz CT molecular complexity index is 327. The molecule has 0 aromatic heterocycles. The number of thioether (sulfide) groups is 1. The highest BCUT2D eigenvalue weighted by molar-refractivity contribution is 8.09. The molecule has 2 rings (SSSR count). The van der Waals surface area contributed by atoms with Crippen molar-refractivity contribution in [3.05, 3.63) is 42.0 Å². The lowest BCUT2D eigenvalue weighted by atomic mass is 10.2. The van der Waals surface area contributed by atoms with Crippen LogP contribution in [0.3, 0.4) is 0 Å².